The van der Waals surface area contributed by atoms with Gasteiger partial charge < -0.3 is 0 Å². The number of nitro groups is 1. The molecule has 4 nitrogen and oxygen atoms in total. The Morgan fingerprint density at radius 1 is 1.29 bits per heavy atom. The predicted molar refractivity (Wildman–Crippen MR) is 63.8 cm³/mol. The van der Waals surface area contributed by atoms with Crippen LogP contribution < -0.4 is 0 Å². The monoisotopic (exact) mass is 232 g/mol. The maximum absolute atomic E-state index is 10.8. The highest BCUT2D eigenvalue weighted by Gasteiger charge is 2.37. The van der Waals surface area contributed by atoms with E-state index in [9.17, 15) is 10.1 Å². The van der Waals surface area contributed by atoms with Crippen LogP contribution in [0.25, 0.3) is 0 Å². The molecule has 0 aliphatic heterocycles. The highest BCUT2D eigenvalue weighted by molar-refractivity contribution is 5.36. The third-order valence-electron chi connectivity index (χ3n) is 4.38. The summed E-state index contributed by atoms with van der Waals surface area (Å²) in [5.41, 5.74) is 2.77. The maximum atomic E-state index is 10.8. The molecule has 4 heteroatoms. The fourth-order valence-corrected chi connectivity index (χ4v) is 3.43. The van der Waals surface area contributed by atoms with Gasteiger partial charge in [0.2, 0.25) is 0 Å². The molecule has 0 atom stereocenters. The first-order chi connectivity index (χ1) is 8.19. The Kier molecular flexibility index (Phi) is 2.38. The Balaban J connectivity index is 1.94. The second-order valence-corrected chi connectivity index (χ2v) is 5.44. The number of rotatable bonds is 1. The molecule has 17 heavy (non-hydrogen) atoms. The third kappa shape index (κ3) is 1.81. The minimum atomic E-state index is -0.344. The van der Waals surface area contributed by atoms with Gasteiger partial charge in [0, 0.05) is 11.8 Å². The van der Waals surface area contributed by atoms with Gasteiger partial charge in [-0.2, -0.15) is 0 Å². The number of fused-ring (bicyclic) bond motifs is 1. The Morgan fingerprint density at radius 3 is 2.76 bits per heavy atom. The van der Waals surface area contributed by atoms with Gasteiger partial charge in [0.05, 0.1) is 4.92 Å². The average molecular weight is 232 g/mol. The SMILES string of the molecule is O=[N+]([O-])c1cnc2c(c1)CC1(CCCC1)CC2. The molecule has 1 spiro atoms. The van der Waals surface area contributed by atoms with Crippen LogP contribution in [0, 0.1) is 15.5 Å². The van der Waals surface area contributed by atoms with E-state index in [0.29, 0.717) is 5.41 Å². The van der Waals surface area contributed by atoms with Crippen LogP contribution in [-0.2, 0) is 12.8 Å². The van der Waals surface area contributed by atoms with Gasteiger partial charge in [-0.05, 0) is 43.1 Å². The van der Waals surface area contributed by atoms with E-state index in [1.54, 1.807) is 6.07 Å². The molecule has 2 aliphatic carbocycles. The summed E-state index contributed by atoms with van der Waals surface area (Å²) in [6.07, 6.45) is 9.81. The van der Waals surface area contributed by atoms with Gasteiger partial charge in [-0.3, -0.25) is 15.1 Å². The molecule has 1 aromatic heterocycles. The van der Waals surface area contributed by atoms with E-state index >= 15 is 0 Å². The number of hydrogen-bond donors (Lipinski definition) is 0. The van der Waals surface area contributed by atoms with Crippen LogP contribution in [0.2, 0.25) is 0 Å². The largest absolute Gasteiger partial charge is 0.287 e. The molecule has 2 aliphatic rings. The second kappa shape index (κ2) is 3.79. The summed E-state index contributed by atoms with van der Waals surface area (Å²) in [7, 11) is 0. The molecule has 1 aromatic rings. The van der Waals surface area contributed by atoms with E-state index in [4.69, 9.17) is 0 Å². The summed E-state index contributed by atoms with van der Waals surface area (Å²) < 4.78 is 0. The average Bonchev–Trinajstić information content (AvgIpc) is 2.76. The van der Waals surface area contributed by atoms with Crippen molar-refractivity contribution in [1.82, 2.24) is 4.98 Å². The summed E-state index contributed by atoms with van der Waals surface area (Å²) in [4.78, 5) is 14.7. The van der Waals surface area contributed by atoms with Gasteiger partial charge in [-0.15, -0.1) is 0 Å². The molecule has 3 rings (SSSR count). The molecule has 1 fully saturated rings. The summed E-state index contributed by atoms with van der Waals surface area (Å²) in [6, 6.07) is 1.74. The standard InChI is InChI=1S/C13H16N2O2/c16-15(17)11-7-10-8-13(4-1-2-5-13)6-3-12(10)14-9-11/h7,9H,1-6,8H2. The lowest BCUT2D eigenvalue weighted by atomic mass is 9.72. The predicted octanol–water partition coefficient (Wildman–Crippen LogP) is 3.04. The summed E-state index contributed by atoms with van der Waals surface area (Å²) >= 11 is 0. The van der Waals surface area contributed by atoms with E-state index in [1.807, 2.05) is 0 Å². The summed E-state index contributed by atoms with van der Waals surface area (Å²) in [5.74, 6) is 0. The lowest BCUT2D eigenvalue weighted by molar-refractivity contribution is -0.385. The van der Waals surface area contributed by atoms with E-state index in [0.717, 1.165) is 24.1 Å². The lowest BCUT2D eigenvalue weighted by Gasteiger charge is -2.33. The lowest BCUT2D eigenvalue weighted by Crippen LogP contribution is -2.26. The molecular weight excluding hydrogens is 216 g/mol. The van der Waals surface area contributed by atoms with Crippen LogP contribution in [0.5, 0.6) is 0 Å². The normalized spacial score (nSPS) is 21.4. The molecular formula is C13H16N2O2. The molecule has 0 saturated heterocycles. The molecule has 1 saturated carbocycles. The molecule has 0 radical (unpaired) electrons. The molecule has 0 aromatic carbocycles. The highest BCUT2D eigenvalue weighted by Crippen LogP contribution is 2.47. The van der Waals surface area contributed by atoms with Crippen molar-refractivity contribution in [2.45, 2.75) is 44.9 Å². The van der Waals surface area contributed by atoms with Crippen molar-refractivity contribution in [1.29, 1.82) is 0 Å². The number of aromatic nitrogens is 1. The Bertz CT molecular complexity index is 464. The first-order valence-corrected chi connectivity index (χ1v) is 6.31. The van der Waals surface area contributed by atoms with Crippen molar-refractivity contribution in [3.63, 3.8) is 0 Å². The zero-order valence-corrected chi connectivity index (χ0v) is 9.82. The second-order valence-electron chi connectivity index (χ2n) is 5.44. The van der Waals surface area contributed by atoms with Gasteiger partial charge in [0.25, 0.3) is 5.69 Å². The van der Waals surface area contributed by atoms with E-state index in [-0.39, 0.29) is 10.6 Å². The fourth-order valence-electron chi connectivity index (χ4n) is 3.43. The minimum absolute atomic E-state index is 0.138. The summed E-state index contributed by atoms with van der Waals surface area (Å²) in [5, 5.41) is 10.8. The van der Waals surface area contributed by atoms with E-state index in [1.165, 1.54) is 38.3 Å². The molecule has 0 amide bonds. The van der Waals surface area contributed by atoms with E-state index < -0.39 is 0 Å². The number of hydrogen-bond acceptors (Lipinski definition) is 3. The Morgan fingerprint density at radius 2 is 2.06 bits per heavy atom. The van der Waals surface area contributed by atoms with Gasteiger partial charge in [0.1, 0.15) is 6.20 Å². The molecule has 0 bridgehead atoms. The fraction of sp³-hybridized carbons (Fsp3) is 0.615. The number of aryl methyl sites for hydroxylation is 1. The smallest absolute Gasteiger partial charge is 0.258 e. The van der Waals surface area contributed by atoms with Crippen molar-refractivity contribution in [3.05, 3.63) is 33.6 Å². The Hall–Kier alpha value is -1.45. The van der Waals surface area contributed by atoms with Crippen LogP contribution in [0.3, 0.4) is 0 Å². The van der Waals surface area contributed by atoms with Gasteiger partial charge in [-0.25, -0.2) is 0 Å². The minimum Gasteiger partial charge on any atom is -0.258 e. The first kappa shape index (κ1) is 10.7. The molecule has 0 N–H and O–H groups in total. The van der Waals surface area contributed by atoms with Gasteiger partial charge >= 0.3 is 0 Å². The van der Waals surface area contributed by atoms with Crippen LogP contribution in [0.15, 0.2) is 12.3 Å². The first-order valence-electron chi connectivity index (χ1n) is 6.31. The van der Waals surface area contributed by atoms with Crippen molar-refractivity contribution in [2.75, 3.05) is 0 Å². The summed E-state index contributed by atoms with van der Waals surface area (Å²) in [6.45, 7) is 0. The van der Waals surface area contributed by atoms with Crippen molar-refractivity contribution >= 4 is 5.69 Å². The van der Waals surface area contributed by atoms with Crippen LogP contribution >= 0.6 is 0 Å². The van der Waals surface area contributed by atoms with Crippen LogP contribution in [0.1, 0.15) is 43.4 Å². The molecule has 0 unspecified atom stereocenters. The van der Waals surface area contributed by atoms with Crippen LogP contribution in [0.4, 0.5) is 5.69 Å². The van der Waals surface area contributed by atoms with Gasteiger partial charge in [0.15, 0.2) is 0 Å². The Labute approximate surface area is 100 Å². The maximum Gasteiger partial charge on any atom is 0.287 e. The van der Waals surface area contributed by atoms with Crippen LogP contribution in [-0.4, -0.2) is 9.91 Å². The topological polar surface area (TPSA) is 56.0 Å². The van der Waals surface area contributed by atoms with Crippen molar-refractivity contribution < 1.29 is 4.92 Å². The van der Waals surface area contributed by atoms with Crippen molar-refractivity contribution in [3.8, 4) is 0 Å². The van der Waals surface area contributed by atoms with Crippen molar-refractivity contribution in [2.24, 2.45) is 5.41 Å². The zero-order chi connectivity index (χ0) is 11.9. The number of pyridine rings is 1. The highest BCUT2D eigenvalue weighted by atomic mass is 16.6. The third-order valence-corrected chi connectivity index (χ3v) is 4.38. The van der Waals surface area contributed by atoms with E-state index in [2.05, 4.69) is 4.98 Å². The van der Waals surface area contributed by atoms with Gasteiger partial charge in [-0.1, -0.05) is 12.8 Å². The molecule has 1 heterocycles. The number of nitrogens with zero attached hydrogens (tertiary/aromatic N) is 2. The quantitative estimate of drug-likeness (QED) is 0.552. The molecule has 90 valence electrons. The zero-order valence-electron chi connectivity index (χ0n) is 9.82.